The minimum absolute atomic E-state index is 0.226. The summed E-state index contributed by atoms with van der Waals surface area (Å²) >= 11 is 0. The zero-order valence-corrected chi connectivity index (χ0v) is 14.0. The molecule has 0 aliphatic carbocycles. The number of rotatable bonds is 3. The molecule has 0 spiro atoms. The Morgan fingerprint density at radius 3 is 2.70 bits per heavy atom. The van der Waals surface area contributed by atoms with E-state index >= 15 is 0 Å². The molecule has 5 aromatic rings. The normalized spacial score (nSPS) is 11.1. The summed E-state index contributed by atoms with van der Waals surface area (Å²) in [4.78, 5) is 17.1. The lowest BCUT2D eigenvalue weighted by Gasteiger charge is -2.06. The number of oxazole rings is 1. The van der Waals surface area contributed by atoms with Gasteiger partial charge in [-0.2, -0.15) is 15.4 Å². The minimum Gasteiger partial charge on any atom is -0.436 e. The van der Waals surface area contributed by atoms with Gasteiger partial charge in [-0.05, 0) is 48.5 Å². The number of aromatic nitrogens is 4. The van der Waals surface area contributed by atoms with E-state index in [4.69, 9.17) is 4.42 Å². The third-order valence-corrected chi connectivity index (χ3v) is 4.24. The van der Waals surface area contributed by atoms with Crippen LogP contribution in [-0.2, 0) is 0 Å². The number of carbonyl (C=O) groups excluding carboxylic acids is 1. The molecule has 0 atom stereocenters. The third-order valence-electron chi connectivity index (χ3n) is 4.24. The fourth-order valence-electron chi connectivity index (χ4n) is 2.91. The number of fused-ring (bicyclic) bond motifs is 2. The quantitative estimate of drug-likeness (QED) is 0.509. The molecule has 130 valence electrons. The maximum atomic E-state index is 12.6. The molecule has 7 heteroatoms. The second-order valence-corrected chi connectivity index (χ2v) is 6.05. The van der Waals surface area contributed by atoms with Gasteiger partial charge in [-0.15, -0.1) is 0 Å². The highest BCUT2D eigenvalue weighted by atomic mass is 16.3. The molecular formula is C20H13N5O2. The fraction of sp³-hybridized carbons (Fsp3) is 0. The van der Waals surface area contributed by atoms with E-state index in [0.29, 0.717) is 28.2 Å². The van der Waals surface area contributed by atoms with E-state index in [1.54, 1.807) is 36.4 Å². The summed E-state index contributed by atoms with van der Waals surface area (Å²) in [6, 6.07) is 20.1. The lowest BCUT2D eigenvalue weighted by atomic mass is 10.1. The lowest BCUT2D eigenvalue weighted by molar-refractivity contribution is 0.102. The summed E-state index contributed by atoms with van der Waals surface area (Å²) < 4.78 is 5.78. The summed E-state index contributed by atoms with van der Waals surface area (Å²) in [6.07, 6.45) is 0. The topological polar surface area (TPSA) is 96.7 Å². The van der Waals surface area contributed by atoms with Gasteiger partial charge < -0.3 is 9.73 Å². The van der Waals surface area contributed by atoms with Gasteiger partial charge >= 0.3 is 0 Å². The summed E-state index contributed by atoms with van der Waals surface area (Å²) in [5, 5.41) is 13.5. The number of benzene rings is 3. The molecule has 2 aromatic heterocycles. The highest BCUT2D eigenvalue weighted by Gasteiger charge is 2.12. The number of para-hydroxylation sites is 2. The van der Waals surface area contributed by atoms with Crippen molar-refractivity contribution in [2.24, 2.45) is 0 Å². The number of carbonyl (C=O) groups is 1. The van der Waals surface area contributed by atoms with Crippen molar-refractivity contribution in [1.82, 2.24) is 20.4 Å². The maximum absolute atomic E-state index is 12.6. The van der Waals surface area contributed by atoms with E-state index in [0.717, 1.165) is 16.6 Å². The second kappa shape index (κ2) is 6.06. The number of aromatic amines is 1. The Morgan fingerprint density at radius 2 is 1.78 bits per heavy atom. The molecule has 1 amide bonds. The number of H-pyrrole nitrogens is 1. The molecule has 0 aliphatic rings. The van der Waals surface area contributed by atoms with Crippen LogP contribution in [0.5, 0.6) is 0 Å². The number of hydrogen-bond acceptors (Lipinski definition) is 5. The lowest BCUT2D eigenvalue weighted by Crippen LogP contribution is -2.11. The standard InChI is InChI=1S/C20H13N5O2/c26-19(21-14-8-9-15-17(11-14)24-25-23-15)12-4-3-5-13(10-12)20-22-16-6-1-2-7-18(16)27-20/h1-11H,(H,21,26)(H,23,24,25). The van der Waals surface area contributed by atoms with Gasteiger partial charge in [0.25, 0.3) is 5.91 Å². The summed E-state index contributed by atoms with van der Waals surface area (Å²) in [6.45, 7) is 0. The molecule has 0 saturated heterocycles. The monoisotopic (exact) mass is 355 g/mol. The number of anilines is 1. The Balaban J connectivity index is 1.44. The number of nitrogens with zero attached hydrogens (tertiary/aromatic N) is 3. The van der Waals surface area contributed by atoms with Crippen molar-refractivity contribution in [2.45, 2.75) is 0 Å². The van der Waals surface area contributed by atoms with Gasteiger partial charge in [0.05, 0.1) is 0 Å². The second-order valence-electron chi connectivity index (χ2n) is 6.05. The SMILES string of the molecule is O=C(Nc1ccc2n[nH]nc2c1)c1cccc(-c2nc3ccccc3o2)c1. The van der Waals surface area contributed by atoms with Crippen LogP contribution in [0, 0.1) is 0 Å². The average Bonchev–Trinajstić information content (AvgIpc) is 3.34. The van der Waals surface area contributed by atoms with Crippen molar-refractivity contribution in [3.8, 4) is 11.5 Å². The molecule has 0 unspecified atom stereocenters. The van der Waals surface area contributed by atoms with Gasteiger partial charge in [0.1, 0.15) is 16.6 Å². The Hall–Kier alpha value is -4.00. The number of amides is 1. The van der Waals surface area contributed by atoms with Crippen molar-refractivity contribution in [3.63, 3.8) is 0 Å². The molecule has 2 N–H and O–H groups in total. The number of nitrogens with one attached hydrogen (secondary N) is 2. The molecule has 0 saturated carbocycles. The van der Waals surface area contributed by atoms with Crippen molar-refractivity contribution in [3.05, 3.63) is 72.3 Å². The van der Waals surface area contributed by atoms with Gasteiger partial charge in [0.2, 0.25) is 5.89 Å². The van der Waals surface area contributed by atoms with Crippen LogP contribution < -0.4 is 5.32 Å². The molecule has 0 aliphatic heterocycles. The zero-order valence-electron chi connectivity index (χ0n) is 14.0. The predicted octanol–water partition coefficient (Wildman–Crippen LogP) is 4.02. The van der Waals surface area contributed by atoms with Crippen LogP contribution in [0.2, 0.25) is 0 Å². The fourth-order valence-corrected chi connectivity index (χ4v) is 2.91. The Labute approximate surface area is 153 Å². The summed E-state index contributed by atoms with van der Waals surface area (Å²) in [5.41, 5.74) is 4.82. The average molecular weight is 355 g/mol. The molecule has 27 heavy (non-hydrogen) atoms. The van der Waals surface area contributed by atoms with Crippen LogP contribution in [0.4, 0.5) is 5.69 Å². The van der Waals surface area contributed by atoms with Gasteiger partial charge in [-0.1, -0.05) is 18.2 Å². The number of hydrogen-bond donors (Lipinski definition) is 2. The van der Waals surface area contributed by atoms with Crippen LogP contribution in [0.3, 0.4) is 0 Å². The van der Waals surface area contributed by atoms with E-state index in [-0.39, 0.29) is 5.91 Å². The third kappa shape index (κ3) is 2.81. The van der Waals surface area contributed by atoms with Crippen LogP contribution >= 0.6 is 0 Å². The van der Waals surface area contributed by atoms with Crippen LogP contribution in [0.15, 0.2) is 71.1 Å². The molecule has 5 rings (SSSR count). The first kappa shape index (κ1) is 15.3. The Morgan fingerprint density at radius 1 is 0.889 bits per heavy atom. The molecule has 2 heterocycles. The first-order valence-corrected chi connectivity index (χ1v) is 8.34. The van der Waals surface area contributed by atoms with Crippen molar-refractivity contribution >= 4 is 33.7 Å². The Kier molecular flexibility index (Phi) is 3.43. The van der Waals surface area contributed by atoms with Crippen molar-refractivity contribution in [2.75, 3.05) is 5.32 Å². The van der Waals surface area contributed by atoms with E-state index in [9.17, 15) is 4.79 Å². The van der Waals surface area contributed by atoms with Crippen molar-refractivity contribution < 1.29 is 9.21 Å². The molecule has 7 nitrogen and oxygen atoms in total. The predicted molar refractivity (Wildman–Crippen MR) is 101 cm³/mol. The van der Waals surface area contributed by atoms with Crippen LogP contribution in [0.25, 0.3) is 33.6 Å². The molecule has 0 radical (unpaired) electrons. The van der Waals surface area contributed by atoms with E-state index in [1.165, 1.54) is 0 Å². The van der Waals surface area contributed by atoms with Gasteiger partial charge in [0, 0.05) is 16.8 Å². The minimum atomic E-state index is -0.226. The molecule has 0 bridgehead atoms. The Bertz CT molecular complexity index is 1250. The maximum Gasteiger partial charge on any atom is 0.255 e. The summed E-state index contributed by atoms with van der Waals surface area (Å²) in [7, 11) is 0. The van der Waals surface area contributed by atoms with Gasteiger partial charge in [-0.25, -0.2) is 4.98 Å². The van der Waals surface area contributed by atoms with E-state index < -0.39 is 0 Å². The van der Waals surface area contributed by atoms with E-state index in [1.807, 2.05) is 30.3 Å². The first-order valence-electron chi connectivity index (χ1n) is 8.34. The first-order chi connectivity index (χ1) is 13.3. The van der Waals surface area contributed by atoms with Crippen molar-refractivity contribution in [1.29, 1.82) is 0 Å². The smallest absolute Gasteiger partial charge is 0.255 e. The highest BCUT2D eigenvalue weighted by molar-refractivity contribution is 6.05. The molecule has 3 aromatic carbocycles. The van der Waals surface area contributed by atoms with Crippen LogP contribution in [0.1, 0.15) is 10.4 Å². The highest BCUT2D eigenvalue weighted by Crippen LogP contribution is 2.25. The van der Waals surface area contributed by atoms with E-state index in [2.05, 4.69) is 25.7 Å². The molecular weight excluding hydrogens is 342 g/mol. The molecule has 0 fully saturated rings. The van der Waals surface area contributed by atoms with Crippen LogP contribution in [-0.4, -0.2) is 26.3 Å². The van der Waals surface area contributed by atoms with Gasteiger partial charge in [0.15, 0.2) is 5.58 Å². The zero-order chi connectivity index (χ0) is 18.2. The largest absolute Gasteiger partial charge is 0.436 e. The summed E-state index contributed by atoms with van der Waals surface area (Å²) in [5.74, 6) is 0.255. The van der Waals surface area contributed by atoms with Gasteiger partial charge in [-0.3, -0.25) is 4.79 Å².